The van der Waals surface area contributed by atoms with Crippen molar-refractivity contribution in [3.05, 3.63) is 49.1 Å². The zero-order valence-electron chi connectivity index (χ0n) is 7.75. The molecular formula is C11H18. The molecular weight excluding hydrogens is 132 g/mol. The van der Waals surface area contributed by atoms with Crippen LogP contribution in [-0.4, -0.2) is 0 Å². The van der Waals surface area contributed by atoms with Gasteiger partial charge in [0, 0.05) is 0 Å². The molecule has 0 aliphatic carbocycles. The maximum Gasteiger partial charge on any atom is -0.0467 e. The Balaban J connectivity index is 0. The SMILES string of the molecule is C/C=C\C=C/C.C=C/C=C\C. The smallest absolute Gasteiger partial charge is 0.0467 e. The van der Waals surface area contributed by atoms with Crippen LogP contribution in [0.1, 0.15) is 20.8 Å². The van der Waals surface area contributed by atoms with Gasteiger partial charge in [-0.2, -0.15) is 0 Å². The van der Waals surface area contributed by atoms with E-state index in [1.807, 2.05) is 57.2 Å². The summed E-state index contributed by atoms with van der Waals surface area (Å²) in [6.07, 6.45) is 13.6. The molecule has 0 aromatic heterocycles. The molecule has 0 rings (SSSR count). The molecule has 0 spiro atoms. The molecule has 0 fully saturated rings. The van der Waals surface area contributed by atoms with E-state index < -0.39 is 0 Å². The minimum Gasteiger partial charge on any atom is -0.0991 e. The van der Waals surface area contributed by atoms with Crippen molar-refractivity contribution in [2.45, 2.75) is 20.8 Å². The Labute approximate surface area is 70.6 Å². The molecule has 0 radical (unpaired) electrons. The van der Waals surface area contributed by atoms with E-state index in [-0.39, 0.29) is 0 Å². The molecule has 0 aromatic rings. The molecule has 0 aromatic carbocycles. The van der Waals surface area contributed by atoms with Crippen LogP contribution in [-0.2, 0) is 0 Å². The van der Waals surface area contributed by atoms with Gasteiger partial charge >= 0.3 is 0 Å². The summed E-state index contributed by atoms with van der Waals surface area (Å²) >= 11 is 0. The minimum absolute atomic E-state index is 1.75. The van der Waals surface area contributed by atoms with Crippen molar-refractivity contribution in [2.75, 3.05) is 0 Å². The standard InChI is InChI=1S/C6H10.C5H8/c1-3-5-6-4-2;1-3-5-4-2/h3-6H,1-2H3;3-5H,1H2,2H3/b5-3-,6-4-;5-4-. The second-order valence-electron chi connectivity index (χ2n) is 1.81. The van der Waals surface area contributed by atoms with E-state index in [0.29, 0.717) is 0 Å². The van der Waals surface area contributed by atoms with Crippen LogP contribution in [0.4, 0.5) is 0 Å². The van der Waals surface area contributed by atoms with Crippen molar-refractivity contribution >= 4 is 0 Å². The van der Waals surface area contributed by atoms with Crippen LogP contribution in [0.5, 0.6) is 0 Å². The Kier molecular flexibility index (Phi) is 18.3. The van der Waals surface area contributed by atoms with E-state index in [0.717, 1.165) is 0 Å². The quantitative estimate of drug-likeness (QED) is 0.524. The lowest BCUT2D eigenvalue weighted by atomic mass is 10.5. The average Bonchev–Trinajstić information content (AvgIpc) is 2.04. The summed E-state index contributed by atoms with van der Waals surface area (Å²) in [5, 5.41) is 0. The van der Waals surface area contributed by atoms with Gasteiger partial charge in [0.1, 0.15) is 0 Å². The zero-order chi connectivity index (χ0) is 8.95. The van der Waals surface area contributed by atoms with Gasteiger partial charge in [0.25, 0.3) is 0 Å². The van der Waals surface area contributed by atoms with E-state index >= 15 is 0 Å². The van der Waals surface area contributed by atoms with Crippen LogP contribution in [0.15, 0.2) is 49.1 Å². The van der Waals surface area contributed by atoms with Crippen molar-refractivity contribution < 1.29 is 0 Å². The topological polar surface area (TPSA) is 0 Å². The van der Waals surface area contributed by atoms with Crippen molar-refractivity contribution in [1.82, 2.24) is 0 Å². The fourth-order valence-electron chi connectivity index (χ4n) is 0.358. The summed E-state index contributed by atoms with van der Waals surface area (Å²) in [5.41, 5.74) is 0. The predicted octanol–water partition coefficient (Wildman–Crippen LogP) is 3.89. The van der Waals surface area contributed by atoms with E-state index in [1.165, 1.54) is 0 Å². The monoisotopic (exact) mass is 150 g/mol. The molecule has 0 heteroatoms. The summed E-state index contributed by atoms with van der Waals surface area (Å²) in [7, 11) is 0. The van der Waals surface area contributed by atoms with Crippen LogP contribution in [0.3, 0.4) is 0 Å². The van der Waals surface area contributed by atoms with E-state index in [1.54, 1.807) is 6.08 Å². The summed E-state index contributed by atoms with van der Waals surface area (Å²) in [6, 6.07) is 0. The van der Waals surface area contributed by atoms with Crippen LogP contribution in [0, 0.1) is 0 Å². The molecule has 0 heterocycles. The van der Waals surface area contributed by atoms with Gasteiger partial charge in [-0.1, -0.05) is 49.1 Å². The second-order valence-corrected chi connectivity index (χ2v) is 1.81. The molecule has 0 bridgehead atoms. The van der Waals surface area contributed by atoms with E-state index in [4.69, 9.17) is 0 Å². The second kappa shape index (κ2) is 16.0. The molecule has 0 N–H and O–H groups in total. The first-order valence-electron chi connectivity index (χ1n) is 3.81. The largest absolute Gasteiger partial charge is 0.0991 e. The van der Waals surface area contributed by atoms with E-state index in [9.17, 15) is 0 Å². The average molecular weight is 150 g/mol. The van der Waals surface area contributed by atoms with Crippen molar-refractivity contribution in [2.24, 2.45) is 0 Å². The molecule has 0 atom stereocenters. The van der Waals surface area contributed by atoms with Crippen LogP contribution < -0.4 is 0 Å². The summed E-state index contributed by atoms with van der Waals surface area (Å²) in [4.78, 5) is 0. The fourth-order valence-corrected chi connectivity index (χ4v) is 0.358. The third-order valence-corrected chi connectivity index (χ3v) is 0.825. The number of rotatable bonds is 2. The van der Waals surface area contributed by atoms with Gasteiger partial charge in [-0.25, -0.2) is 0 Å². The van der Waals surface area contributed by atoms with Crippen LogP contribution in [0.25, 0.3) is 0 Å². The van der Waals surface area contributed by atoms with Crippen molar-refractivity contribution in [3.8, 4) is 0 Å². The van der Waals surface area contributed by atoms with Gasteiger partial charge in [-0.05, 0) is 20.8 Å². The predicted molar refractivity (Wildman–Crippen MR) is 54.6 cm³/mol. The third kappa shape index (κ3) is 27.7. The highest BCUT2D eigenvalue weighted by atomic mass is 13.6. The van der Waals surface area contributed by atoms with Crippen LogP contribution >= 0.6 is 0 Å². The van der Waals surface area contributed by atoms with Crippen LogP contribution in [0.2, 0.25) is 0 Å². The highest BCUT2D eigenvalue weighted by molar-refractivity contribution is 4.98. The van der Waals surface area contributed by atoms with Gasteiger partial charge < -0.3 is 0 Å². The fraction of sp³-hybridized carbons (Fsp3) is 0.273. The Bertz CT molecular complexity index is 126. The van der Waals surface area contributed by atoms with Crippen molar-refractivity contribution in [1.29, 1.82) is 0 Å². The highest BCUT2D eigenvalue weighted by Gasteiger charge is 1.48. The number of allylic oxidation sites excluding steroid dienone is 7. The Hall–Kier alpha value is -1.04. The maximum atomic E-state index is 3.46. The zero-order valence-corrected chi connectivity index (χ0v) is 7.75. The molecule has 62 valence electrons. The number of hydrogen-bond donors (Lipinski definition) is 0. The maximum absolute atomic E-state index is 3.46. The molecule has 0 aliphatic rings. The minimum atomic E-state index is 1.75. The van der Waals surface area contributed by atoms with Gasteiger partial charge in [0.2, 0.25) is 0 Å². The lowest BCUT2D eigenvalue weighted by molar-refractivity contribution is 1.69. The Morgan fingerprint density at radius 2 is 1.09 bits per heavy atom. The van der Waals surface area contributed by atoms with Gasteiger partial charge in [0.15, 0.2) is 0 Å². The molecule has 0 saturated heterocycles. The van der Waals surface area contributed by atoms with Crippen molar-refractivity contribution in [3.63, 3.8) is 0 Å². The molecule has 0 saturated carbocycles. The van der Waals surface area contributed by atoms with Gasteiger partial charge in [-0.3, -0.25) is 0 Å². The summed E-state index contributed by atoms with van der Waals surface area (Å²) < 4.78 is 0. The van der Waals surface area contributed by atoms with Gasteiger partial charge in [0.05, 0.1) is 0 Å². The summed E-state index contributed by atoms with van der Waals surface area (Å²) in [6.45, 7) is 9.42. The Morgan fingerprint density at radius 3 is 1.18 bits per heavy atom. The molecule has 0 amide bonds. The number of hydrogen-bond acceptors (Lipinski definition) is 0. The molecule has 0 nitrogen and oxygen atoms in total. The molecule has 0 aliphatic heterocycles. The molecule has 0 unspecified atom stereocenters. The normalized spacial score (nSPS) is 10.5. The summed E-state index contributed by atoms with van der Waals surface area (Å²) in [5.74, 6) is 0. The van der Waals surface area contributed by atoms with E-state index in [2.05, 4.69) is 6.58 Å². The first-order valence-corrected chi connectivity index (χ1v) is 3.81. The Morgan fingerprint density at radius 1 is 0.727 bits per heavy atom. The van der Waals surface area contributed by atoms with Gasteiger partial charge in [-0.15, -0.1) is 0 Å². The third-order valence-electron chi connectivity index (χ3n) is 0.825. The molecule has 11 heavy (non-hydrogen) atoms. The first-order chi connectivity index (χ1) is 5.33. The highest BCUT2D eigenvalue weighted by Crippen LogP contribution is 1.71. The lowest BCUT2D eigenvalue weighted by Gasteiger charge is -1.62. The first kappa shape index (κ1) is 12.6. The lowest BCUT2D eigenvalue weighted by Crippen LogP contribution is -1.40.